The van der Waals surface area contributed by atoms with Crippen LogP contribution < -0.4 is 5.32 Å². The number of thioether (sulfide) groups is 1. The molecule has 0 bridgehead atoms. The van der Waals surface area contributed by atoms with Crippen LogP contribution in [0.1, 0.15) is 17.1 Å². The van der Waals surface area contributed by atoms with Crippen molar-refractivity contribution in [3.63, 3.8) is 0 Å². The van der Waals surface area contributed by atoms with Crippen molar-refractivity contribution in [2.45, 2.75) is 25.0 Å². The van der Waals surface area contributed by atoms with Gasteiger partial charge in [0.1, 0.15) is 11.5 Å². The molecule has 0 aromatic carbocycles. The van der Waals surface area contributed by atoms with Gasteiger partial charge in [-0.1, -0.05) is 11.8 Å². The molecule has 1 N–H and O–H groups in total. The van der Waals surface area contributed by atoms with Gasteiger partial charge >= 0.3 is 0 Å². The molecule has 2 rings (SSSR count). The highest BCUT2D eigenvalue weighted by Crippen LogP contribution is 2.21. The van der Waals surface area contributed by atoms with E-state index in [0.29, 0.717) is 29.8 Å². The Morgan fingerprint density at radius 2 is 2.11 bits per heavy atom. The van der Waals surface area contributed by atoms with Crippen LogP contribution in [-0.2, 0) is 12.3 Å². The summed E-state index contributed by atoms with van der Waals surface area (Å²) in [5.74, 6) is -0.912. The molecule has 0 spiro atoms. The van der Waals surface area contributed by atoms with Crippen molar-refractivity contribution in [3.8, 4) is 0 Å². The number of pyridine rings is 1. The normalized spacial score (nSPS) is 10.9. The lowest BCUT2D eigenvalue weighted by Gasteiger charge is -2.04. The molecule has 0 radical (unpaired) electrons. The van der Waals surface area contributed by atoms with Crippen molar-refractivity contribution < 1.29 is 13.2 Å². The third-order valence-electron chi connectivity index (χ3n) is 2.41. The van der Waals surface area contributed by atoms with Crippen molar-refractivity contribution in [3.05, 3.63) is 47.7 Å². The van der Waals surface area contributed by atoms with Crippen LogP contribution in [0.15, 0.2) is 35.0 Å². The number of halogens is 2. The van der Waals surface area contributed by atoms with Gasteiger partial charge in [0.15, 0.2) is 0 Å². The fourth-order valence-corrected chi connectivity index (χ4v) is 2.03. The molecule has 0 aliphatic rings. The zero-order valence-corrected chi connectivity index (χ0v) is 11.2. The molecule has 19 heavy (non-hydrogen) atoms. The maximum Gasteiger partial charge on any atom is 0.284 e. The summed E-state index contributed by atoms with van der Waals surface area (Å²) in [5, 5.41) is 3.17. The van der Waals surface area contributed by atoms with E-state index in [0.717, 1.165) is 11.3 Å². The second-order valence-electron chi connectivity index (χ2n) is 4.04. The number of rotatable bonds is 6. The number of nitrogens with one attached hydrogen (secondary N) is 1. The van der Waals surface area contributed by atoms with Crippen LogP contribution >= 0.6 is 11.8 Å². The number of aryl methyl sites for hydroxylation is 1. The molecule has 0 saturated carbocycles. The zero-order chi connectivity index (χ0) is 13.7. The van der Waals surface area contributed by atoms with Gasteiger partial charge in [0.05, 0.1) is 18.0 Å². The van der Waals surface area contributed by atoms with E-state index in [2.05, 4.69) is 10.3 Å². The van der Waals surface area contributed by atoms with E-state index in [1.54, 1.807) is 24.5 Å². The maximum absolute atomic E-state index is 12.0. The number of anilines is 1. The van der Waals surface area contributed by atoms with Crippen molar-refractivity contribution >= 4 is 17.4 Å². The second kappa shape index (κ2) is 6.56. The Morgan fingerprint density at radius 3 is 2.84 bits per heavy atom. The van der Waals surface area contributed by atoms with Crippen LogP contribution in [-0.4, -0.2) is 10.7 Å². The summed E-state index contributed by atoms with van der Waals surface area (Å²) < 4.78 is 29.5. The highest BCUT2D eigenvalue weighted by molar-refractivity contribution is 7.98. The lowest BCUT2D eigenvalue weighted by Crippen LogP contribution is -1.98. The van der Waals surface area contributed by atoms with E-state index in [-0.39, 0.29) is 5.75 Å². The van der Waals surface area contributed by atoms with Crippen LogP contribution in [0.2, 0.25) is 0 Å². The number of hydrogen-bond donors (Lipinski definition) is 1. The summed E-state index contributed by atoms with van der Waals surface area (Å²) in [5.41, 5.74) is 1.97. The zero-order valence-electron chi connectivity index (χ0n) is 10.4. The Kier molecular flexibility index (Phi) is 4.79. The van der Waals surface area contributed by atoms with Crippen LogP contribution in [0.3, 0.4) is 0 Å². The molecule has 0 amide bonds. The first-order chi connectivity index (χ1) is 9.13. The van der Waals surface area contributed by atoms with Crippen molar-refractivity contribution in [1.29, 1.82) is 0 Å². The molecular formula is C13H14F2N2OS. The summed E-state index contributed by atoms with van der Waals surface area (Å²) in [6, 6.07) is 5.49. The second-order valence-corrected chi connectivity index (χ2v) is 5.02. The van der Waals surface area contributed by atoms with E-state index in [4.69, 9.17) is 4.42 Å². The molecule has 0 saturated heterocycles. The predicted molar refractivity (Wildman–Crippen MR) is 72.3 cm³/mol. The van der Waals surface area contributed by atoms with Crippen LogP contribution in [0.5, 0.6) is 0 Å². The number of aromatic nitrogens is 1. The van der Waals surface area contributed by atoms with Gasteiger partial charge in [-0.15, -0.1) is 0 Å². The summed E-state index contributed by atoms with van der Waals surface area (Å²) in [6.07, 6.45) is 3.50. The highest BCUT2D eigenvalue weighted by atomic mass is 32.2. The number of hydrogen-bond acceptors (Lipinski definition) is 4. The summed E-state index contributed by atoms with van der Waals surface area (Å²) in [6.45, 7) is 2.47. The number of furan rings is 1. The van der Waals surface area contributed by atoms with Crippen LogP contribution in [0.4, 0.5) is 14.5 Å². The lowest BCUT2D eigenvalue weighted by atomic mass is 10.3. The first-order valence-electron chi connectivity index (χ1n) is 5.76. The van der Waals surface area contributed by atoms with Gasteiger partial charge in [-0.2, -0.15) is 8.78 Å². The van der Waals surface area contributed by atoms with Crippen molar-refractivity contribution in [2.75, 3.05) is 5.32 Å². The van der Waals surface area contributed by atoms with Gasteiger partial charge in [-0.25, -0.2) is 0 Å². The quantitative estimate of drug-likeness (QED) is 0.868. The molecule has 2 aromatic heterocycles. The fourth-order valence-electron chi connectivity index (χ4n) is 1.58. The first-order valence-corrected chi connectivity index (χ1v) is 6.81. The smallest absolute Gasteiger partial charge is 0.284 e. The van der Waals surface area contributed by atoms with E-state index in [1.165, 1.54) is 0 Å². The minimum Gasteiger partial charge on any atom is -0.463 e. The summed E-state index contributed by atoms with van der Waals surface area (Å²) in [4.78, 5) is 4.07. The third kappa shape index (κ3) is 4.55. The minimum absolute atomic E-state index is 0.184. The average Bonchev–Trinajstić information content (AvgIpc) is 2.82. The SMILES string of the molecule is Cc1cncc(NCc2ccc(CSC(F)F)o2)c1. The molecule has 0 fully saturated rings. The predicted octanol–water partition coefficient (Wildman–Crippen LogP) is 4.05. The molecule has 0 aliphatic carbocycles. The number of nitrogens with zero attached hydrogens (tertiary/aromatic N) is 1. The van der Waals surface area contributed by atoms with Crippen molar-refractivity contribution in [2.24, 2.45) is 0 Å². The van der Waals surface area contributed by atoms with Gasteiger partial charge < -0.3 is 9.73 Å². The van der Waals surface area contributed by atoms with Crippen LogP contribution in [0.25, 0.3) is 0 Å². The highest BCUT2D eigenvalue weighted by Gasteiger charge is 2.07. The summed E-state index contributed by atoms with van der Waals surface area (Å²) in [7, 11) is 0. The van der Waals surface area contributed by atoms with Gasteiger partial charge in [0.25, 0.3) is 5.76 Å². The topological polar surface area (TPSA) is 38.1 Å². The Bertz CT molecular complexity index is 531. The standard InChI is InChI=1S/C13H14F2N2OS/c1-9-4-10(6-16-5-9)17-7-11-2-3-12(18-11)8-19-13(14)15/h2-6,13,17H,7-8H2,1H3. The molecular weight excluding hydrogens is 270 g/mol. The van der Waals surface area contributed by atoms with E-state index < -0.39 is 5.76 Å². The molecule has 2 heterocycles. The molecule has 2 aromatic rings. The Hall–Kier alpha value is -1.56. The van der Waals surface area contributed by atoms with Crippen molar-refractivity contribution in [1.82, 2.24) is 4.98 Å². The maximum atomic E-state index is 12.0. The lowest BCUT2D eigenvalue weighted by molar-refractivity contribution is 0.251. The van der Waals surface area contributed by atoms with Gasteiger partial charge in [0.2, 0.25) is 0 Å². The molecule has 0 aliphatic heterocycles. The average molecular weight is 284 g/mol. The Morgan fingerprint density at radius 1 is 1.32 bits per heavy atom. The van der Waals surface area contributed by atoms with Crippen LogP contribution in [0, 0.1) is 6.92 Å². The fraction of sp³-hybridized carbons (Fsp3) is 0.308. The Balaban J connectivity index is 1.86. The van der Waals surface area contributed by atoms with Gasteiger partial charge in [-0.05, 0) is 30.7 Å². The largest absolute Gasteiger partial charge is 0.463 e. The van der Waals surface area contributed by atoms with Gasteiger partial charge in [0, 0.05) is 12.4 Å². The van der Waals surface area contributed by atoms with E-state index >= 15 is 0 Å². The minimum atomic E-state index is -2.37. The molecule has 3 nitrogen and oxygen atoms in total. The number of alkyl halides is 2. The monoisotopic (exact) mass is 284 g/mol. The van der Waals surface area contributed by atoms with Gasteiger partial charge in [-0.3, -0.25) is 4.98 Å². The third-order valence-corrected chi connectivity index (χ3v) is 3.11. The first kappa shape index (κ1) is 13.9. The molecule has 102 valence electrons. The van der Waals surface area contributed by atoms with E-state index in [9.17, 15) is 8.78 Å². The molecule has 6 heteroatoms. The van der Waals surface area contributed by atoms with E-state index in [1.807, 2.05) is 13.0 Å². The molecule has 0 atom stereocenters. The molecule has 0 unspecified atom stereocenters. The summed E-state index contributed by atoms with van der Waals surface area (Å²) >= 11 is 0.557. The Labute approximate surface area is 114 Å².